The zero-order valence-corrected chi connectivity index (χ0v) is 21.2. The van der Waals surface area contributed by atoms with Gasteiger partial charge >= 0.3 is 6.18 Å². The van der Waals surface area contributed by atoms with Crippen LogP contribution in [0.5, 0.6) is 0 Å². The van der Waals surface area contributed by atoms with Crippen LogP contribution in [0.3, 0.4) is 0 Å². The van der Waals surface area contributed by atoms with E-state index in [1.54, 1.807) is 18.5 Å². The van der Waals surface area contributed by atoms with E-state index in [0.717, 1.165) is 49.0 Å². The number of piperidine rings is 1. The molecular weight excluding hydrogens is 513 g/mol. The number of halogens is 3. The Bertz CT molecular complexity index is 1470. The van der Waals surface area contributed by atoms with E-state index in [-0.39, 0.29) is 11.8 Å². The van der Waals surface area contributed by atoms with E-state index in [2.05, 4.69) is 4.98 Å². The molecule has 196 valence electrons. The Morgan fingerprint density at radius 3 is 2.29 bits per heavy atom. The summed E-state index contributed by atoms with van der Waals surface area (Å²) < 4.78 is 40.5. The molecule has 6 nitrogen and oxygen atoms in total. The third-order valence-electron chi connectivity index (χ3n) is 7.72. The number of carbonyl (C=O) groups excluding carboxylic acids is 2. The normalized spacial score (nSPS) is 17.1. The Balaban J connectivity index is 1.06. The van der Waals surface area contributed by atoms with Gasteiger partial charge in [0.15, 0.2) is 5.01 Å². The Hall–Kier alpha value is -3.66. The summed E-state index contributed by atoms with van der Waals surface area (Å²) in [6, 6.07) is 12.4. The van der Waals surface area contributed by atoms with Crippen molar-refractivity contribution in [2.24, 2.45) is 11.8 Å². The maximum Gasteiger partial charge on any atom is 0.416 e. The van der Waals surface area contributed by atoms with E-state index in [1.807, 2.05) is 37.9 Å². The SMILES string of the molecule is O=C(c1ccc2c(ccn2-c2ccc(C(F)(F)F)cc2)c1)N1CC(C2CCN(C(=O)c3nccs3)CC2)C1. The lowest BCUT2D eigenvalue weighted by molar-refractivity contribution is -0.137. The molecule has 2 aromatic carbocycles. The summed E-state index contributed by atoms with van der Waals surface area (Å²) in [6.07, 6.45) is 0.950. The number of fused-ring (bicyclic) bond motifs is 1. The van der Waals surface area contributed by atoms with Crippen LogP contribution < -0.4 is 0 Å². The van der Waals surface area contributed by atoms with E-state index in [1.165, 1.54) is 23.5 Å². The highest BCUT2D eigenvalue weighted by Crippen LogP contribution is 2.34. The predicted molar refractivity (Wildman–Crippen MR) is 138 cm³/mol. The monoisotopic (exact) mass is 538 g/mol. The van der Waals surface area contributed by atoms with Gasteiger partial charge in [-0.3, -0.25) is 9.59 Å². The van der Waals surface area contributed by atoms with Crippen LogP contribution in [0.1, 0.15) is 38.6 Å². The number of rotatable bonds is 4. The fourth-order valence-corrected chi connectivity index (χ4v) is 6.11. The molecule has 2 saturated heterocycles. The van der Waals surface area contributed by atoms with Gasteiger partial charge in [-0.15, -0.1) is 11.3 Å². The number of hydrogen-bond donors (Lipinski definition) is 0. The summed E-state index contributed by atoms with van der Waals surface area (Å²) in [7, 11) is 0. The first-order valence-electron chi connectivity index (χ1n) is 12.5. The van der Waals surface area contributed by atoms with E-state index in [4.69, 9.17) is 0 Å². The highest BCUT2D eigenvalue weighted by atomic mass is 32.1. The van der Waals surface area contributed by atoms with Crippen molar-refractivity contribution < 1.29 is 22.8 Å². The van der Waals surface area contributed by atoms with Crippen LogP contribution in [0.15, 0.2) is 66.3 Å². The lowest BCUT2D eigenvalue weighted by atomic mass is 9.79. The summed E-state index contributed by atoms with van der Waals surface area (Å²) in [5.74, 6) is 0.938. The minimum Gasteiger partial charge on any atom is -0.338 e. The number of thiazole rings is 1. The van der Waals surface area contributed by atoms with Crippen LogP contribution in [0.4, 0.5) is 13.2 Å². The zero-order chi connectivity index (χ0) is 26.4. The highest BCUT2D eigenvalue weighted by molar-refractivity contribution is 7.11. The second-order valence-electron chi connectivity index (χ2n) is 9.94. The molecule has 0 radical (unpaired) electrons. The van der Waals surface area contributed by atoms with Crippen LogP contribution >= 0.6 is 11.3 Å². The third kappa shape index (κ3) is 4.57. The molecule has 2 aromatic heterocycles. The lowest BCUT2D eigenvalue weighted by Crippen LogP contribution is -2.54. The third-order valence-corrected chi connectivity index (χ3v) is 8.48. The fourth-order valence-electron chi connectivity index (χ4n) is 5.51. The van der Waals surface area contributed by atoms with Crippen molar-refractivity contribution in [3.8, 4) is 5.69 Å². The number of aromatic nitrogens is 2. The molecule has 0 bridgehead atoms. The molecule has 2 amide bonds. The molecule has 0 aliphatic carbocycles. The van der Waals surface area contributed by atoms with Crippen molar-refractivity contribution in [1.29, 1.82) is 0 Å². The summed E-state index contributed by atoms with van der Waals surface area (Å²) in [5, 5.41) is 3.20. The van der Waals surface area contributed by atoms with Crippen LogP contribution in [-0.4, -0.2) is 57.3 Å². The molecular formula is C28H25F3N4O2S. The minimum absolute atomic E-state index is 0.00594. The maximum absolute atomic E-state index is 13.1. The Morgan fingerprint density at radius 2 is 1.63 bits per heavy atom. The molecule has 0 N–H and O–H groups in total. The van der Waals surface area contributed by atoms with Gasteiger partial charge in [-0.25, -0.2) is 4.98 Å². The smallest absolute Gasteiger partial charge is 0.338 e. The van der Waals surface area contributed by atoms with Crippen LogP contribution in [0, 0.1) is 11.8 Å². The molecule has 2 aliphatic rings. The molecule has 4 aromatic rings. The Kier molecular flexibility index (Phi) is 6.22. The summed E-state index contributed by atoms with van der Waals surface area (Å²) in [6.45, 7) is 2.88. The Labute approximate surface area is 221 Å². The molecule has 4 heterocycles. The summed E-state index contributed by atoms with van der Waals surface area (Å²) >= 11 is 1.37. The fraction of sp³-hybridized carbons (Fsp3) is 0.321. The standard InChI is InChI=1S/C28H25F3N4O2S/c29-28(30,31)22-2-4-23(5-3-22)35-13-9-19-15-20(1-6-24(19)35)26(36)34-16-21(17-34)18-7-11-33(12-8-18)27(37)25-32-10-14-38-25/h1-6,9-10,13-15,18,21H,7-8,11-12,16-17H2. The van der Waals surface area contributed by atoms with Crippen molar-refractivity contribution in [2.75, 3.05) is 26.2 Å². The molecule has 6 rings (SSSR count). The topological polar surface area (TPSA) is 58.4 Å². The molecule has 2 fully saturated rings. The van der Waals surface area contributed by atoms with Gasteiger partial charge in [-0.2, -0.15) is 13.2 Å². The number of nitrogens with zero attached hydrogens (tertiary/aromatic N) is 4. The first-order valence-corrected chi connectivity index (χ1v) is 13.4. The van der Waals surface area contributed by atoms with Gasteiger partial charge in [-0.05, 0) is 73.2 Å². The lowest BCUT2D eigenvalue weighted by Gasteiger charge is -2.46. The number of alkyl halides is 3. The van der Waals surface area contributed by atoms with Gasteiger partial charge in [0.2, 0.25) is 0 Å². The predicted octanol–water partition coefficient (Wildman–Crippen LogP) is 5.73. The number of carbonyl (C=O) groups is 2. The van der Waals surface area contributed by atoms with E-state index < -0.39 is 11.7 Å². The van der Waals surface area contributed by atoms with E-state index >= 15 is 0 Å². The number of amides is 2. The number of benzene rings is 2. The van der Waals surface area contributed by atoms with Gasteiger partial charge in [0.1, 0.15) is 0 Å². The van der Waals surface area contributed by atoms with Gasteiger partial charge in [-0.1, -0.05) is 0 Å². The first kappa shape index (κ1) is 24.7. The van der Waals surface area contributed by atoms with Gasteiger partial charge < -0.3 is 14.4 Å². The quantitative estimate of drug-likeness (QED) is 0.334. The second-order valence-corrected chi connectivity index (χ2v) is 10.8. The number of hydrogen-bond acceptors (Lipinski definition) is 4. The van der Waals surface area contributed by atoms with Gasteiger partial charge in [0, 0.05) is 60.6 Å². The zero-order valence-electron chi connectivity index (χ0n) is 20.4. The van der Waals surface area contributed by atoms with Gasteiger partial charge in [0.25, 0.3) is 11.8 Å². The highest BCUT2D eigenvalue weighted by Gasteiger charge is 2.38. The van der Waals surface area contributed by atoms with Crippen molar-refractivity contribution in [1.82, 2.24) is 19.4 Å². The molecule has 2 aliphatic heterocycles. The molecule has 0 unspecified atom stereocenters. The minimum atomic E-state index is -4.37. The van der Waals surface area contributed by atoms with Crippen molar-refractivity contribution in [2.45, 2.75) is 19.0 Å². The summed E-state index contributed by atoms with van der Waals surface area (Å²) in [5.41, 5.74) is 1.36. The molecule has 0 saturated carbocycles. The summed E-state index contributed by atoms with van der Waals surface area (Å²) in [4.78, 5) is 33.5. The average Bonchev–Trinajstić information content (AvgIpc) is 3.57. The van der Waals surface area contributed by atoms with Gasteiger partial charge in [0.05, 0.1) is 11.1 Å². The molecule has 0 spiro atoms. The Morgan fingerprint density at radius 1 is 0.895 bits per heavy atom. The second kappa shape index (κ2) is 9.58. The van der Waals surface area contributed by atoms with E-state index in [0.29, 0.717) is 41.2 Å². The first-order chi connectivity index (χ1) is 18.3. The van der Waals surface area contributed by atoms with E-state index in [9.17, 15) is 22.8 Å². The van der Waals surface area contributed by atoms with Crippen molar-refractivity contribution in [3.63, 3.8) is 0 Å². The van der Waals surface area contributed by atoms with Crippen molar-refractivity contribution in [3.05, 3.63) is 82.4 Å². The molecule has 0 atom stereocenters. The van der Waals surface area contributed by atoms with Crippen LogP contribution in [-0.2, 0) is 6.18 Å². The largest absolute Gasteiger partial charge is 0.416 e. The molecule has 10 heteroatoms. The molecule has 38 heavy (non-hydrogen) atoms. The average molecular weight is 539 g/mol. The van der Waals surface area contributed by atoms with Crippen LogP contribution in [0.2, 0.25) is 0 Å². The maximum atomic E-state index is 13.1. The number of likely N-dealkylation sites (tertiary alicyclic amines) is 2. The van der Waals surface area contributed by atoms with Crippen molar-refractivity contribution >= 4 is 34.1 Å². The van der Waals surface area contributed by atoms with Crippen LogP contribution in [0.25, 0.3) is 16.6 Å².